The Labute approximate surface area is 106 Å². The van der Waals surface area contributed by atoms with Crippen molar-refractivity contribution in [1.82, 2.24) is 4.98 Å². The van der Waals surface area contributed by atoms with Crippen LogP contribution in [0.15, 0.2) is 41.1 Å². The quantitative estimate of drug-likeness (QED) is 0.934. The van der Waals surface area contributed by atoms with Crippen LogP contribution in [0.25, 0.3) is 0 Å². The van der Waals surface area contributed by atoms with Gasteiger partial charge in [0.05, 0.1) is 5.69 Å². The molecule has 2 aromatic rings. The van der Waals surface area contributed by atoms with E-state index >= 15 is 0 Å². The van der Waals surface area contributed by atoms with Crippen LogP contribution in [-0.4, -0.2) is 4.98 Å². The number of aromatic nitrogens is 1. The van der Waals surface area contributed by atoms with Crippen molar-refractivity contribution in [3.05, 3.63) is 58.3 Å². The molecule has 0 aliphatic carbocycles. The summed E-state index contributed by atoms with van der Waals surface area (Å²) < 4.78 is 26.8. The monoisotopic (exact) mass is 298 g/mol. The van der Waals surface area contributed by atoms with Crippen molar-refractivity contribution in [2.75, 3.05) is 5.32 Å². The molecule has 0 spiro atoms. The summed E-state index contributed by atoms with van der Waals surface area (Å²) in [5, 5.41) is 2.88. The first-order chi connectivity index (χ1) is 8.15. The van der Waals surface area contributed by atoms with Crippen LogP contribution in [-0.2, 0) is 6.54 Å². The minimum atomic E-state index is -0.604. The number of hydrogen-bond donors (Lipinski definition) is 1. The van der Waals surface area contributed by atoms with E-state index in [1.54, 1.807) is 12.4 Å². The zero-order chi connectivity index (χ0) is 12.3. The highest BCUT2D eigenvalue weighted by Gasteiger charge is 2.03. The number of benzene rings is 1. The molecule has 88 valence electrons. The molecule has 0 saturated heterocycles. The van der Waals surface area contributed by atoms with Crippen LogP contribution in [0.2, 0.25) is 0 Å². The second-order valence-electron chi connectivity index (χ2n) is 3.49. The summed E-state index contributed by atoms with van der Waals surface area (Å²) >= 11 is 3.30. The van der Waals surface area contributed by atoms with Gasteiger partial charge in [-0.15, -0.1) is 0 Å². The summed E-state index contributed by atoms with van der Waals surface area (Å²) in [6, 6.07) is 5.31. The maximum absolute atomic E-state index is 13.3. The third-order valence-electron chi connectivity index (χ3n) is 2.18. The minimum absolute atomic E-state index is 0.270. The summed E-state index contributed by atoms with van der Waals surface area (Å²) in [6.45, 7) is 0.426. The highest BCUT2D eigenvalue weighted by Crippen LogP contribution is 2.16. The summed E-state index contributed by atoms with van der Waals surface area (Å²) in [4.78, 5) is 3.99. The third-order valence-corrected chi connectivity index (χ3v) is 2.61. The third kappa shape index (κ3) is 3.23. The Morgan fingerprint density at radius 3 is 2.71 bits per heavy atom. The van der Waals surface area contributed by atoms with Gasteiger partial charge in [-0.1, -0.05) is 0 Å². The van der Waals surface area contributed by atoms with Gasteiger partial charge < -0.3 is 5.32 Å². The van der Waals surface area contributed by atoms with Gasteiger partial charge in [-0.2, -0.15) is 0 Å². The van der Waals surface area contributed by atoms with Gasteiger partial charge in [0.2, 0.25) is 0 Å². The number of halogens is 3. The Kier molecular flexibility index (Phi) is 3.68. The molecule has 1 heterocycles. The average molecular weight is 299 g/mol. The maximum atomic E-state index is 13.3. The van der Waals surface area contributed by atoms with Gasteiger partial charge in [0.1, 0.15) is 11.6 Å². The van der Waals surface area contributed by atoms with Crippen molar-refractivity contribution in [3.8, 4) is 0 Å². The highest BCUT2D eigenvalue weighted by molar-refractivity contribution is 9.10. The molecule has 1 aromatic carbocycles. The van der Waals surface area contributed by atoms with E-state index in [0.717, 1.165) is 16.1 Å². The molecule has 0 aliphatic heterocycles. The van der Waals surface area contributed by atoms with E-state index in [2.05, 4.69) is 26.2 Å². The van der Waals surface area contributed by atoms with Crippen LogP contribution in [0.1, 0.15) is 5.56 Å². The SMILES string of the molecule is Fc1ccc(NCc2cncc(Br)c2)c(F)c1. The molecule has 1 N–H and O–H groups in total. The molecular weight excluding hydrogens is 290 g/mol. The molecule has 2 nitrogen and oxygen atoms in total. The maximum Gasteiger partial charge on any atom is 0.149 e. The van der Waals surface area contributed by atoms with Crippen LogP contribution in [0.5, 0.6) is 0 Å². The van der Waals surface area contributed by atoms with Crippen molar-refractivity contribution in [1.29, 1.82) is 0 Å². The van der Waals surface area contributed by atoms with E-state index in [-0.39, 0.29) is 5.69 Å². The van der Waals surface area contributed by atoms with Crippen molar-refractivity contribution >= 4 is 21.6 Å². The van der Waals surface area contributed by atoms with E-state index in [0.29, 0.717) is 6.54 Å². The van der Waals surface area contributed by atoms with Crippen LogP contribution in [0.4, 0.5) is 14.5 Å². The second-order valence-corrected chi connectivity index (χ2v) is 4.40. The molecule has 0 radical (unpaired) electrons. The largest absolute Gasteiger partial charge is 0.379 e. The molecule has 1 aromatic heterocycles. The lowest BCUT2D eigenvalue weighted by atomic mass is 10.2. The van der Waals surface area contributed by atoms with Gasteiger partial charge in [0, 0.05) is 29.5 Å². The van der Waals surface area contributed by atoms with Gasteiger partial charge in [0.15, 0.2) is 0 Å². The van der Waals surface area contributed by atoms with E-state index in [4.69, 9.17) is 0 Å². The summed E-state index contributed by atoms with van der Waals surface area (Å²) in [6.07, 6.45) is 3.35. The molecule has 2 rings (SSSR count). The normalized spacial score (nSPS) is 10.3. The molecule has 0 atom stereocenters. The summed E-state index contributed by atoms with van der Waals surface area (Å²) in [5.74, 6) is -1.19. The molecule has 0 saturated carbocycles. The molecule has 5 heteroatoms. The molecular formula is C12H9BrF2N2. The van der Waals surface area contributed by atoms with Crippen LogP contribution >= 0.6 is 15.9 Å². The number of hydrogen-bond acceptors (Lipinski definition) is 2. The van der Waals surface area contributed by atoms with Crippen molar-refractivity contribution in [2.45, 2.75) is 6.54 Å². The van der Waals surface area contributed by atoms with Gasteiger partial charge in [0.25, 0.3) is 0 Å². The number of nitrogens with zero attached hydrogens (tertiary/aromatic N) is 1. The first-order valence-electron chi connectivity index (χ1n) is 4.93. The Morgan fingerprint density at radius 2 is 2.00 bits per heavy atom. The Bertz CT molecular complexity index is 532. The lowest BCUT2D eigenvalue weighted by Crippen LogP contribution is -2.02. The van der Waals surface area contributed by atoms with Gasteiger partial charge in [-0.25, -0.2) is 8.78 Å². The Balaban J connectivity index is 2.07. The standard InChI is InChI=1S/C12H9BrF2N2/c13-9-3-8(5-16-7-9)6-17-12-2-1-10(14)4-11(12)15/h1-5,7,17H,6H2. The van der Waals surface area contributed by atoms with Crippen molar-refractivity contribution in [2.24, 2.45) is 0 Å². The smallest absolute Gasteiger partial charge is 0.149 e. The van der Waals surface area contributed by atoms with Crippen LogP contribution < -0.4 is 5.32 Å². The van der Waals surface area contributed by atoms with E-state index in [1.807, 2.05) is 6.07 Å². The average Bonchev–Trinajstić information content (AvgIpc) is 2.28. The number of nitrogens with one attached hydrogen (secondary N) is 1. The number of rotatable bonds is 3. The van der Waals surface area contributed by atoms with Crippen molar-refractivity contribution < 1.29 is 8.78 Å². The predicted molar refractivity (Wildman–Crippen MR) is 65.6 cm³/mol. The van der Waals surface area contributed by atoms with Gasteiger partial charge >= 0.3 is 0 Å². The molecule has 0 unspecified atom stereocenters. The van der Waals surface area contributed by atoms with E-state index in [1.165, 1.54) is 12.1 Å². The van der Waals surface area contributed by atoms with Gasteiger partial charge in [-0.3, -0.25) is 4.98 Å². The second kappa shape index (κ2) is 5.23. The van der Waals surface area contributed by atoms with E-state index < -0.39 is 11.6 Å². The van der Waals surface area contributed by atoms with E-state index in [9.17, 15) is 8.78 Å². The minimum Gasteiger partial charge on any atom is -0.379 e. The molecule has 0 fully saturated rings. The lowest BCUT2D eigenvalue weighted by Gasteiger charge is -2.07. The molecule has 0 aliphatic rings. The molecule has 0 amide bonds. The molecule has 17 heavy (non-hydrogen) atoms. The number of pyridine rings is 1. The first kappa shape index (κ1) is 12.0. The Morgan fingerprint density at radius 1 is 1.18 bits per heavy atom. The predicted octanol–water partition coefficient (Wildman–Crippen LogP) is 3.73. The fourth-order valence-electron chi connectivity index (χ4n) is 1.38. The molecule has 0 bridgehead atoms. The van der Waals surface area contributed by atoms with Gasteiger partial charge in [-0.05, 0) is 39.7 Å². The fourth-order valence-corrected chi connectivity index (χ4v) is 1.79. The fraction of sp³-hybridized carbons (Fsp3) is 0.0833. The number of anilines is 1. The summed E-state index contributed by atoms with van der Waals surface area (Å²) in [7, 11) is 0. The first-order valence-corrected chi connectivity index (χ1v) is 5.73. The Hall–Kier alpha value is -1.49. The summed E-state index contributed by atoms with van der Waals surface area (Å²) in [5.41, 5.74) is 1.18. The van der Waals surface area contributed by atoms with Crippen molar-refractivity contribution in [3.63, 3.8) is 0 Å². The lowest BCUT2D eigenvalue weighted by molar-refractivity contribution is 0.585. The topological polar surface area (TPSA) is 24.9 Å². The zero-order valence-electron chi connectivity index (χ0n) is 8.75. The van der Waals surface area contributed by atoms with Crippen LogP contribution in [0, 0.1) is 11.6 Å². The zero-order valence-corrected chi connectivity index (χ0v) is 10.3. The highest BCUT2D eigenvalue weighted by atomic mass is 79.9. The van der Waals surface area contributed by atoms with Crippen LogP contribution in [0.3, 0.4) is 0 Å².